The summed E-state index contributed by atoms with van der Waals surface area (Å²) in [6.07, 6.45) is 2.57. The Kier molecular flexibility index (Phi) is 3.35. The monoisotopic (exact) mass is 243 g/mol. The van der Waals surface area contributed by atoms with Gasteiger partial charge in [0.25, 0.3) is 0 Å². The van der Waals surface area contributed by atoms with Gasteiger partial charge in [-0.2, -0.15) is 0 Å². The Balaban J connectivity index is 1.72. The highest BCUT2D eigenvalue weighted by Gasteiger charge is 2.13. The zero-order chi connectivity index (χ0) is 12.4. The van der Waals surface area contributed by atoms with Gasteiger partial charge in [0.15, 0.2) is 0 Å². The molecule has 3 rings (SSSR count). The molecule has 3 nitrogen and oxygen atoms in total. The van der Waals surface area contributed by atoms with Gasteiger partial charge < -0.3 is 15.6 Å². The SMILES string of the molecule is Cc1c(CNC2CCCNC2)[nH]c2ccccc12. The van der Waals surface area contributed by atoms with Crippen molar-refractivity contribution in [1.29, 1.82) is 0 Å². The smallest absolute Gasteiger partial charge is 0.0459 e. The molecule has 1 aromatic carbocycles. The van der Waals surface area contributed by atoms with E-state index < -0.39 is 0 Å². The van der Waals surface area contributed by atoms with Crippen LogP contribution >= 0.6 is 0 Å². The Labute approximate surface area is 108 Å². The fraction of sp³-hybridized carbons (Fsp3) is 0.467. The Morgan fingerprint density at radius 1 is 1.33 bits per heavy atom. The minimum Gasteiger partial charge on any atom is -0.357 e. The van der Waals surface area contributed by atoms with Crippen LogP contribution < -0.4 is 10.6 Å². The molecule has 1 aliphatic heterocycles. The molecule has 0 radical (unpaired) electrons. The van der Waals surface area contributed by atoms with Crippen molar-refractivity contribution >= 4 is 10.9 Å². The molecule has 2 aromatic rings. The molecule has 1 saturated heterocycles. The number of nitrogens with one attached hydrogen (secondary N) is 3. The summed E-state index contributed by atoms with van der Waals surface area (Å²) in [5.41, 5.74) is 3.94. The van der Waals surface area contributed by atoms with E-state index in [1.807, 2.05) is 0 Å². The summed E-state index contributed by atoms with van der Waals surface area (Å²) >= 11 is 0. The first-order valence-corrected chi connectivity index (χ1v) is 6.85. The van der Waals surface area contributed by atoms with Gasteiger partial charge in [-0.15, -0.1) is 0 Å². The largest absolute Gasteiger partial charge is 0.357 e. The molecule has 3 N–H and O–H groups in total. The molecule has 1 atom stereocenters. The van der Waals surface area contributed by atoms with Crippen molar-refractivity contribution in [2.75, 3.05) is 13.1 Å². The maximum absolute atomic E-state index is 3.65. The molecular formula is C15H21N3. The average Bonchev–Trinajstić information content (AvgIpc) is 2.75. The van der Waals surface area contributed by atoms with Crippen molar-refractivity contribution in [2.45, 2.75) is 32.4 Å². The lowest BCUT2D eigenvalue weighted by Gasteiger charge is -2.23. The number of rotatable bonds is 3. The summed E-state index contributed by atoms with van der Waals surface area (Å²) in [7, 11) is 0. The van der Waals surface area contributed by atoms with Crippen LogP contribution in [0.15, 0.2) is 24.3 Å². The van der Waals surface area contributed by atoms with Gasteiger partial charge in [0.2, 0.25) is 0 Å². The Hall–Kier alpha value is -1.32. The molecule has 18 heavy (non-hydrogen) atoms. The Morgan fingerprint density at radius 2 is 2.22 bits per heavy atom. The summed E-state index contributed by atoms with van der Waals surface area (Å²) in [6, 6.07) is 9.14. The number of hydrogen-bond acceptors (Lipinski definition) is 2. The number of aromatic nitrogens is 1. The van der Waals surface area contributed by atoms with Crippen LogP contribution in [0.3, 0.4) is 0 Å². The van der Waals surface area contributed by atoms with Crippen LogP contribution in [0.4, 0.5) is 0 Å². The molecule has 1 fully saturated rings. The van der Waals surface area contributed by atoms with Crippen molar-refractivity contribution in [3.05, 3.63) is 35.5 Å². The molecule has 1 aromatic heterocycles. The van der Waals surface area contributed by atoms with Gasteiger partial charge in [0.1, 0.15) is 0 Å². The minimum absolute atomic E-state index is 0.615. The van der Waals surface area contributed by atoms with Gasteiger partial charge in [-0.25, -0.2) is 0 Å². The molecule has 96 valence electrons. The lowest BCUT2D eigenvalue weighted by molar-refractivity contribution is 0.387. The average molecular weight is 243 g/mol. The number of fused-ring (bicyclic) bond motifs is 1. The van der Waals surface area contributed by atoms with Gasteiger partial charge in [0.05, 0.1) is 0 Å². The quantitative estimate of drug-likeness (QED) is 0.774. The molecule has 0 bridgehead atoms. The lowest BCUT2D eigenvalue weighted by Crippen LogP contribution is -2.42. The summed E-state index contributed by atoms with van der Waals surface area (Å²) < 4.78 is 0. The molecule has 0 amide bonds. The fourth-order valence-electron chi connectivity index (χ4n) is 2.79. The maximum Gasteiger partial charge on any atom is 0.0459 e. The van der Waals surface area contributed by atoms with E-state index in [-0.39, 0.29) is 0 Å². The molecule has 3 heteroatoms. The third kappa shape index (κ3) is 2.28. The Morgan fingerprint density at radius 3 is 3.00 bits per heavy atom. The molecule has 0 saturated carbocycles. The van der Waals surface area contributed by atoms with Crippen molar-refractivity contribution < 1.29 is 0 Å². The number of aromatic amines is 1. The van der Waals surface area contributed by atoms with Gasteiger partial charge >= 0.3 is 0 Å². The van der Waals surface area contributed by atoms with E-state index in [0.29, 0.717) is 6.04 Å². The topological polar surface area (TPSA) is 39.8 Å². The number of aryl methyl sites for hydroxylation is 1. The summed E-state index contributed by atoms with van der Waals surface area (Å²) in [4.78, 5) is 3.52. The van der Waals surface area contributed by atoms with E-state index in [9.17, 15) is 0 Å². The second kappa shape index (κ2) is 5.12. The second-order valence-corrected chi connectivity index (χ2v) is 5.20. The first-order valence-electron chi connectivity index (χ1n) is 6.85. The van der Waals surface area contributed by atoms with Crippen molar-refractivity contribution in [3.63, 3.8) is 0 Å². The number of hydrogen-bond donors (Lipinski definition) is 3. The predicted molar refractivity (Wildman–Crippen MR) is 75.8 cm³/mol. The number of para-hydroxylation sites is 1. The van der Waals surface area contributed by atoms with Crippen LogP contribution in [-0.4, -0.2) is 24.1 Å². The van der Waals surface area contributed by atoms with Crippen LogP contribution in [0.2, 0.25) is 0 Å². The first kappa shape index (κ1) is 11.8. The van der Waals surface area contributed by atoms with E-state index in [4.69, 9.17) is 0 Å². The molecule has 0 spiro atoms. The minimum atomic E-state index is 0.615. The van der Waals surface area contributed by atoms with E-state index in [1.165, 1.54) is 41.5 Å². The molecule has 2 heterocycles. The molecule has 1 aliphatic rings. The third-order valence-electron chi connectivity index (χ3n) is 3.93. The van der Waals surface area contributed by atoms with Crippen LogP contribution in [0.25, 0.3) is 10.9 Å². The van der Waals surface area contributed by atoms with Crippen LogP contribution in [0.5, 0.6) is 0 Å². The van der Waals surface area contributed by atoms with E-state index in [2.05, 4.69) is 46.8 Å². The maximum atomic E-state index is 3.65. The zero-order valence-corrected chi connectivity index (χ0v) is 10.9. The highest BCUT2D eigenvalue weighted by Crippen LogP contribution is 2.21. The number of H-pyrrole nitrogens is 1. The third-order valence-corrected chi connectivity index (χ3v) is 3.93. The highest BCUT2D eigenvalue weighted by molar-refractivity contribution is 5.84. The second-order valence-electron chi connectivity index (χ2n) is 5.20. The van der Waals surface area contributed by atoms with Gasteiger partial charge in [0, 0.05) is 35.7 Å². The zero-order valence-electron chi connectivity index (χ0n) is 10.9. The lowest BCUT2D eigenvalue weighted by atomic mass is 10.1. The van der Waals surface area contributed by atoms with Gasteiger partial charge in [-0.05, 0) is 37.9 Å². The summed E-state index contributed by atoms with van der Waals surface area (Å²) in [6.45, 7) is 5.41. The highest BCUT2D eigenvalue weighted by atomic mass is 15.0. The predicted octanol–water partition coefficient (Wildman–Crippen LogP) is 2.32. The number of benzene rings is 1. The van der Waals surface area contributed by atoms with Crippen LogP contribution in [0, 0.1) is 6.92 Å². The summed E-state index contributed by atoms with van der Waals surface area (Å²) in [5, 5.41) is 8.43. The van der Waals surface area contributed by atoms with E-state index >= 15 is 0 Å². The fourth-order valence-corrected chi connectivity index (χ4v) is 2.79. The summed E-state index contributed by atoms with van der Waals surface area (Å²) in [5.74, 6) is 0. The van der Waals surface area contributed by atoms with Gasteiger partial charge in [-0.3, -0.25) is 0 Å². The van der Waals surface area contributed by atoms with E-state index in [0.717, 1.165) is 13.1 Å². The molecule has 0 aliphatic carbocycles. The van der Waals surface area contributed by atoms with E-state index in [1.54, 1.807) is 0 Å². The van der Waals surface area contributed by atoms with Crippen LogP contribution in [0.1, 0.15) is 24.1 Å². The first-order chi connectivity index (χ1) is 8.84. The van der Waals surface area contributed by atoms with Crippen molar-refractivity contribution in [1.82, 2.24) is 15.6 Å². The molecule has 1 unspecified atom stereocenters. The Bertz CT molecular complexity index is 524. The van der Waals surface area contributed by atoms with Gasteiger partial charge in [-0.1, -0.05) is 18.2 Å². The van der Waals surface area contributed by atoms with Crippen molar-refractivity contribution in [3.8, 4) is 0 Å². The van der Waals surface area contributed by atoms with Crippen LogP contribution in [-0.2, 0) is 6.54 Å². The number of piperidine rings is 1. The van der Waals surface area contributed by atoms with Crippen molar-refractivity contribution in [2.24, 2.45) is 0 Å². The standard InChI is InChI=1S/C15H21N3/c1-11-13-6-2-3-7-14(13)18-15(11)10-17-12-5-4-8-16-9-12/h2-3,6-7,12,16-18H,4-5,8-10H2,1H3. The normalized spacial score (nSPS) is 20.4. The molecular weight excluding hydrogens is 222 g/mol.